The molecule has 21 heavy (non-hydrogen) atoms. The van der Waals surface area contributed by atoms with Crippen molar-refractivity contribution in [3.63, 3.8) is 0 Å². The number of hydrogen-bond donors (Lipinski definition) is 2. The maximum absolute atomic E-state index is 12.1. The lowest BCUT2D eigenvalue weighted by atomic mass is 10.3. The molecular formula is C10H13N5O6. The normalized spacial score (nSPS) is 12.8. The molecule has 0 aliphatic heterocycles. The molecule has 2 heterocycles. The van der Waals surface area contributed by atoms with E-state index in [4.69, 9.17) is 5.11 Å². The van der Waals surface area contributed by atoms with Gasteiger partial charge in [-0.2, -0.15) is 0 Å². The van der Waals surface area contributed by atoms with Gasteiger partial charge in [0.15, 0.2) is 0 Å². The second-order valence-corrected chi connectivity index (χ2v) is 4.49. The summed E-state index contributed by atoms with van der Waals surface area (Å²) in [5.74, 6) is -0.684. The van der Waals surface area contributed by atoms with Gasteiger partial charge in [-0.15, -0.1) is 0 Å². The summed E-state index contributed by atoms with van der Waals surface area (Å²) in [7, 11) is 2.56. The second kappa shape index (κ2) is 5.10. The van der Waals surface area contributed by atoms with Gasteiger partial charge < -0.3 is 20.3 Å². The van der Waals surface area contributed by atoms with Crippen LogP contribution >= 0.6 is 0 Å². The number of aliphatic hydroxyl groups is 2. The summed E-state index contributed by atoms with van der Waals surface area (Å²) in [5.41, 5.74) is -1.77. The molecule has 0 aromatic carbocycles. The van der Waals surface area contributed by atoms with E-state index in [1.165, 1.54) is 14.1 Å². The van der Waals surface area contributed by atoms with Crippen LogP contribution in [-0.2, 0) is 20.6 Å². The van der Waals surface area contributed by atoms with E-state index in [2.05, 4.69) is 4.98 Å². The highest BCUT2D eigenvalue weighted by molar-refractivity contribution is 5.72. The first-order chi connectivity index (χ1) is 9.79. The highest BCUT2D eigenvalue weighted by Crippen LogP contribution is 2.17. The van der Waals surface area contributed by atoms with Crippen molar-refractivity contribution in [2.24, 2.45) is 14.1 Å². The van der Waals surface area contributed by atoms with Crippen molar-refractivity contribution in [1.82, 2.24) is 18.7 Å². The Morgan fingerprint density at radius 2 is 1.95 bits per heavy atom. The van der Waals surface area contributed by atoms with E-state index >= 15 is 0 Å². The van der Waals surface area contributed by atoms with Gasteiger partial charge in [-0.05, 0) is 9.91 Å². The Morgan fingerprint density at radius 1 is 1.33 bits per heavy atom. The van der Waals surface area contributed by atoms with Crippen LogP contribution in [0, 0.1) is 10.1 Å². The first-order valence-corrected chi connectivity index (χ1v) is 5.89. The standard InChI is InChI=1S/C10H13N5O6/c1-12-7-6(8(18)13(2)10(12)19)14(3-5(17)4-16)9(11-7)15(20)21/h5,16-17H,3-4H2,1-2H3/t5-/m0/s1. The topological polar surface area (TPSA) is 145 Å². The minimum absolute atomic E-state index is 0.153. The fraction of sp³-hybridized carbons (Fsp3) is 0.500. The number of rotatable bonds is 4. The van der Waals surface area contributed by atoms with Gasteiger partial charge >= 0.3 is 11.6 Å². The van der Waals surface area contributed by atoms with Gasteiger partial charge in [-0.3, -0.25) is 13.9 Å². The molecule has 0 unspecified atom stereocenters. The third-order valence-corrected chi connectivity index (χ3v) is 3.10. The first kappa shape index (κ1) is 14.9. The van der Waals surface area contributed by atoms with Crippen molar-refractivity contribution in [3.05, 3.63) is 31.0 Å². The Balaban J connectivity index is 2.93. The van der Waals surface area contributed by atoms with Crippen LogP contribution in [0.1, 0.15) is 0 Å². The largest absolute Gasteiger partial charge is 0.437 e. The molecule has 2 aromatic rings. The van der Waals surface area contributed by atoms with E-state index < -0.39 is 41.4 Å². The smallest absolute Gasteiger partial charge is 0.394 e. The van der Waals surface area contributed by atoms with Crippen molar-refractivity contribution < 1.29 is 15.1 Å². The van der Waals surface area contributed by atoms with E-state index in [-0.39, 0.29) is 11.2 Å². The van der Waals surface area contributed by atoms with Gasteiger partial charge in [0.05, 0.1) is 6.61 Å². The molecule has 0 fully saturated rings. The quantitative estimate of drug-likeness (QED) is 0.476. The number of nitrogens with zero attached hydrogens (tertiary/aromatic N) is 5. The molecule has 0 amide bonds. The molecule has 2 aromatic heterocycles. The third-order valence-electron chi connectivity index (χ3n) is 3.10. The Hall–Kier alpha value is -2.53. The molecule has 0 saturated heterocycles. The fourth-order valence-corrected chi connectivity index (χ4v) is 2.02. The molecule has 0 saturated carbocycles. The SMILES string of the molecule is Cn1c(=O)c2c(nc([N+](=O)[O-])n2C[C@H](O)CO)n(C)c1=O. The zero-order valence-corrected chi connectivity index (χ0v) is 11.3. The molecule has 0 radical (unpaired) electrons. The lowest BCUT2D eigenvalue weighted by Crippen LogP contribution is -2.38. The highest BCUT2D eigenvalue weighted by atomic mass is 16.6. The molecule has 0 aliphatic rings. The van der Waals surface area contributed by atoms with Crippen molar-refractivity contribution >= 4 is 17.1 Å². The Kier molecular flexibility index (Phi) is 3.61. The highest BCUT2D eigenvalue weighted by Gasteiger charge is 2.29. The summed E-state index contributed by atoms with van der Waals surface area (Å²) in [6.45, 7) is -1.03. The van der Waals surface area contributed by atoms with Crippen LogP contribution in [0.4, 0.5) is 5.95 Å². The van der Waals surface area contributed by atoms with Gasteiger partial charge in [0.2, 0.25) is 5.52 Å². The van der Waals surface area contributed by atoms with Crippen LogP contribution in [0.3, 0.4) is 0 Å². The van der Waals surface area contributed by atoms with E-state index in [0.717, 1.165) is 13.7 Å². The molecule has 1 atom stereocenters. The number of fused-ring (bicyclic) bond motifs is 1. The number of nitro groups is 1. The van der Waals surface area contributed by atoms with Crippen molar-refractivity contribution in [3.8, 4) is 0 Å². The van der Waals surface area contributed by atoms with E-state index in [1.54, 1.807) is 0 Å². The van der Waals surface area contributed by atoms with Crippen molar-refractivity contribution in [2.45, 2.75) is 12.6 Å². The molecule has 2 rings (SSSR count). The van der Waals surface area contributed by atoms with Gasteiger partial charge in [-0.1, -0.05) is 0 Å². The molecule has 0 aliphatic carbocycles. The third kappa shape index (κ3) is 2.21. The van der Waals surface area contributed by atoms with Gasteiger partial charge in [0.25, 0.3) is 11.2 Å². The molecule has 0 spiro atoms. The van der Waals surface area contributed by atoms with Crippen LogP contribution in [0.5, 0.6) is 0 Å². The predicted molar refractivity (Wildman–Crippen MR) is 70.0 cm³/mol. The molecule has 2 N–H and O–H groups in total. The molecule has 11 heteroatoms. The van der Waals surface area contributed by atoms with Crippen molar-refractivity contribution in [1.29, 1.82) is 0 Å². The van der Waals surface area contributed by atoms with E-state index in [1.807, 2.05) is 0 Å². The maximum atomic E-state index is 12.1. The number of hydrogen-bond acceptors (Lipinski definition) is 7. The number of aromatic nitrogens is 4. The number of aliphatic hydroxyl groups excluding tert-OH is 2. The maximum Gasteiger partial charge on any atom is 0.437 e. The zero-order valence-electron chi connectivity index (χ0n) is 11.3. The monoisotopic (exact) mass is 299 g/mol. The van der Waals surface area contributed by atoms with Gasteiger partial charge in [0.1, 0.15) is 12.6 Å². The Morgan fingerprint density at radius 3 is 2.48 bits per heavy atom. The molecule has 0 bridgehead atoms. The van der Waals surface area contributed by atoms with Crippen LogP contribution in [0.15, 0.2) is 9.59 Å². The average Bonchev–Trinajstić information content (AvgIpc) is 2.82. The minimum atomic E-state index is -1.30. The summed E-state index contributed by atoms with van der Waals surface area (Å²) in [6, 6.07) is 0. The Bertz CT molecular complexity index is 831. The van der Waals surface area contributed by atoms with Crippen LogP contribution in [0.2, 0.25) is 0 Å². The van der Waals surface area contributed by atoms with E-state index in [0.29, 0.717) is 0 Å². The predicted octanol–water partition coefficient (Wildman–Crippen LogP) is -2.30. The van der Waals surface area contributed by atoms with Crippen LogP contribution < -0.4 is 11.2 Å². The van der Waals surface area contributed by atoms with Gasteiger partial charge in [0, 0.05) is 14.1 Å². The molecule has 11 nitrogen and oxygen atoms in total. The summed E-state index contributed by atoms with van der Waals surface area (Å²) in [5, 5.41) is 29.4. The summed E-state index contributed by atoms with van der Waals surface area (Å²) in [4.78, 5) is 37.8. The number of aryl methyl sites for hydroxylation is 1. The summed E-state index contributed by atoms with van der Waals surface area (Å²) in [6.07, 6.45) is -1.30. The summed E-state index contributed by atoms with van der Waals surface area (Å²) < 4.78 is 2.68. The average molecular weight is 299 g/mol. The molecular weight excluding hydrogens is 286 g/mol. The van der Waals surface area contributed by atoms with Crippen LogP contribution in [-0.4, -0.2) is 46.5 Å². The lowest BCUT2D eigenvalue weighted by molar-refractivity contribution is -0.396. The lowest BCUT2D eigenvalue weighted by Gasteiger charge is -2.07. The van der Waals surface area contributed by atoms with E-state index in [9.17, 15) is 24.8 Å². The fourth-order valence-electron chi connectivity index (χ4n) is 2.02. The minimum Gasteiger partial charge on any atom is -0.394 e. The zero-order chi connectivity index (χ0) is 15.9. The van der Waals surface area contributed by atoms with Gasteiger partial charge in [-0.25, -0.2) is 9.36 Å². The first-order valence-electron chi connectivity index (χ1n) is 5.89. The number of imidazole rings is 1. The summed E-state index contributed by atoms with van der Waals surface area (Å²) >= 11 is 0. The van der Waals surface area contributed by atoms with Crippen LogP contribution in [0.25, 0.3) is 11.2 Å². The Labute approximate surface area is 116 Å². The second-order valence-electron chi connectivity index (χ2n) is 4.49. The molecule has 114 valence electrons. The van der Waals surface area contributed by atoms with Crippen molar-refractivity contribution in [2.75, 3.05) is 6.61 Å².